The first-order valence-electron chi connectivity index (χ1n) is 7.67. The minimum Gasteiger partial charge on any atom is -0.369 e. The molecule has 1 aliphatic rings. The zero-order valence-corrected chi connectivity index (χ0v) is 13.9. The van der Waals surface area contributed by atoms with Gasteiger partial charge in [-0.05, 0) is 37.3 Å². The van der Waals surface area contributed by atoms with Crippen molar-refractivity contribution < 1.29 is 8.42 Å². The molecule has 6 heteroatoms. The molecule has 0 aromatic carbocycles. The van der Waals surface area contributed by atoms with Crippen LogP contribution < -0.4 is 5.32 Å². The molecule has 0 atom stereocenters. The molecule has 0 aliphatic heterocycles. The summed E-state index contributed by atoms with van der Waals surface area (Å²) in [5, 5.41) is 3.12. The average Bonchev–Trinajstić information content (AvgIpc) is 3.27. The highest BCUT2D eigenvalue weighted by atomic mass is 32.2. The predicted molar refractivity (Wildman–Crippen MR) is 84.8 cm³/mol. The van der Waals surface area contributed by atoms with Crippen LogP contribution in [0.1, 0.15) is 40.0 Å². The second-order valence-corrected chi connectivity index (χ2v) is 7.84. The third kappa shape index (κ3) is 3.95. The molecule has 1 aliphatic carbocycles. The number of nitrogens with zero attached hydrogens (tertiary/aromatic N) is 2. The Morgan fingerprint density at radius 3 is 2.71 bits per heavy atom. The van der Waals surface area contributed by atoms with Gasteiger partial charge in [0.1, 0.15) is 10.7 Å². The van der Waals surface area contributed by atoms with Gasteiger partial charge in [-0.1, -0.05) is 20.8 Å². The van der Waals surface area contributed by atoms with Crippen LogP contribution in [0.15, 0.2) is 23.2 Å². The molecule has 0 amide bonds. The molecule has 118 valence electrons. The lowest BCUT2D eigenvalue weighted by Crippen LogP contribution is -2.36. The van der Waals surface area contributed by atoms with Crippen molar-refractivity contribution in [3.63, 3.8) is 0 Å². The van der Waals surface area contributed by atoms with E-state index in [1.165, 1.54) is 0 Å². The van der Waals surface area contributed by atoms with E-state index in [-0.39, 0.29) is 6.04 Å². The van der Waals surface area contributed by atoms with Crippen LogP contribution in [0, 0.1) is 5.92 Å². The first-order valence-corrected chi connectivity index (χ1v) is 9.11. The van der Waals surface area contributed by atoms with Crippen LogP contribution in [0.2, 0.25) is 0 Å². The molecule has 1 saturated carbocycles. The standard InChI is InChI=1S/C15H25N3O2S/c1-4-9-16-15-14(6-5-10-17-15)21(19,20)18(11-12(2)3)13-7-8-13/h5-6,10,12-13H,4,7-9,11H2,1-3H3,(H,16,17). The number of rotatable bonds is 8. The SMILES string of the molecule is CCCNc1ncccc1S(=O)(=O)N(CC(C)C)C1CC1. The normalized spacial score (nSPS) is 15.7. The van der Waals surface area contributed by atoms with Gasteiger partial charge >= 0.3 is 0 Å². The van der Waals surface area contributed by atoms with Gasteiger partial charge < -0.3 is 5.32 Å². The fraction of sp³-hybridized carbons (Fsp3) is 0.667. The van der Waals surface area contributed by atoms with Crippen molar-refractivity contribution in [3.8, 4) is 0 Å². The van der Waals surface area contributed by atoms with Crippen molar-refractivity contribution in [3.05, 3.63) is 18.3 Å². The first-order chi connectivity index (χ1) is 9.96. The molecule has 2 rings (SSSR count). The predicted octanol–water partition coefficient (Wildman–Crippen LogP) is 2.71. The van der Waals surface area contributed by atoms with Crippen LogP contribution in [-0.4, -0.2) is 36.8 Å². The Morgan fingerprint density at radius 1 is 1.43 bits per heavy atom. The molecular formula is C15H25N3O2S. The second kappa shape index (κ2) is 6.75. The second-order valence-electron chi connectivity index (χ2n) is 5.98. The number of aromatic nitrogens is 1. The third-order valence-corrected chi connectivity index (χ3v) is 5.35. The number of hydrogen-bond acceptors (Lipinski definition) is 4. The van der Waals surface area contributed by atoms with Crippen molar-refractivity contribution in [2.75, 3.05) is 18.4 Å². The van der Waals surface area contributed by atoms with Gasteiger partial charge in [0, 0.05) is 25.3 Å². The summed E-state index contributed by atoms with van der Waals surface area (Å²) in [4.78, 5) is 4.50. The highest BCUT2D eigenvalue weighted by Crippen LogP contribution is 2.34. The molecule has 0 bridgehead atoms. The Bertz CT molecular complexity index is 568. The number of pyridine rings is 1. The number of anilines is 1. The van der Waals surface area contributed by atoms with Crippen LogP contribution >= 0.6 is 0 Å². The lowest BCUT2D eigenvalue weighted by molar-refractivity contribution is 0.360. The summed E-state index contributed by atoms with van der Waals surface area (Å²) in [5.74, 6) is 0.776. The molecule has 1 fully saturated rings. The lowest BCUT2D eigenvalue weighted by atomic mass is 10.2. The van der Waals surface area contributed by atoms with E-state index in [2.05, 4.69) is 10.3 Å². The van der Waals surface area contributed by atoms with Crippen molar-refractivity contribution in [1.29, 1.82) is 0 Å². The molecule has 0 saturated heterocycles. The van der Waals surface area contributed by atoms with Gasteiger partial charge in [0.2, 0.25) is 10.0 Å². The summed E-state index contributed by atoms with van der Waals surface area (Å²) < 4.78 is 27.6. The Balaban J connectivity index is 2.33. The number of hydrogen-bond donors (Lipinski definition) is 1. The topological polar surface area (TPSA) is 62.3 Å². The van der Waals surface area contributed by atoms with Crippen LogP contribution in [0.4, 0.5) is 5.82 Å². The molecule has 21 heavy (non-hydrogen) atoms. The molecule has 0 unspecified atom stereocenters. The molecule has 1 aromatic rings. The number of nitrogens with one attached hydrogen (secondary N) is 1. The van der Waals surface area contributed by atoms with Crippen LogP contribution in [0.3, 0.4) is 0 Å². The molecule has 1 N–H and O–H groups in total. The molecular weight excluding hydrogens is 286 g/mol. The monoisotopic (exact) mass is 311 g/mol. The Hall–Kier alpha value is -1.14. The fourth-order valence-corrected chi connectivity index (χ4v) is 4.24. The van der Waals surface area contributed by atoms with E-state index in [4.69, 9.17) is 0 Å². The van der Waals surface area contributed by atoms with Gasteiger partial charge in [-0.25, -0.2) is 13.4 Å². The minimum absolute atomic E-state index is 0.164. The summed E-state index contributed by atoms with van der Waals surface area (Å²) in [6, 6.07) is 3.50. The maximum atomic E-state index is 13.0. The summed E-state index contributed by atoms with van der Waals surface area (Å²) in [7, 11) is -3.49. The van der Waals surface area contributed by atoms with E-state index < -0.39 is 10.0 Å². The van der Waals surface area contributed by atoms with E-state index in [9.17, 15) is 8.42 Å². The Labute approximate surface area is 127 Å². The fourth-order valence-electron chi connectivity index (χ4n) is 2.27. The summed E-state index contributed by atoms with van der Waals surface area (Å²) in [5.41, 5.74) is 0. The van der Waals surface area contributed by atoms with Crippen LogP contribution in [0.25, 0.3) is 0 Å². The molecule has 1 aromatic heterocycles. The van der Waals surface area contributed by atoms with Crippen LogP contribution in [-0.2, 0) is 10.0 Å². The third-order valence-electron chi connectivity index (χ3n) is 3.40. The maximum Gasteiger partial charge on any atom is 0.247 e. The highest BCUT2D eigenvalue weighted by molar-refractivity contribution is 7.89. The van der Waals surface area contributed by atoms with Gasteiger partial charge in [-0.15, -0.1) is 0 Å². The molecule has 1 heterocycles. The van der Waals surface area contributed by atoms with E-state index >= 15 is 0 Å². The zero-order chi connectivity index (χ0) is 15.5. The van der Waals surface area contributed by atoms with Gasteiger partial charge in [0.25, 0.3) is 0 Å². The Morgan fingerprint density at radius 2 is 2.14 bits per heavy atom. The average molecular weight is 311 g/mol. The van der Waals surface area contributed by atoms with Gasteiger partial charge in [-0.3, -0.25) is 0 Å². The van der Waals surface area contributed by atoms with Gasteiger partial charge in [-0.2, -0.15) is 4.31 Å². The summed E-state index contributed by atoms with van der Waals surface area (Å²) in [6.45, 7) is 7.41. The highest BCUT2D eigenvalue weighted by Gasteiger charge is 2.39. The summed E-state index contributed by atoms with van der Waals surface area (Å²) >= 11 is 0. The van der Waals surface area contributed by atoms with Gasteiger partial charge in [0.05, 0.1) is 0 Å². The first kappa shape index (κ1) is 16.2. The zero-order valence-electron chi connectivity index (χ0n) is 13.0. The molecule has 5 nitrogen and oxygen atoms in total. The van der Waals surface area contributed by atoms with E-state index in [1.54, 1.807) is 22.6 Å². The van der Waals surface area contributed by atoms with E-state index in [1.807, 2.05) is 20.8 Å². The van der Waals surface area contributed by atoms with Crippen molar-refractivity contribution in [2.24, 2.45) is 5.92 Å². The molecule has 0 radical (unpaired) electrons. The van der Waals surface area contributed by atoms with Crippen molar-refractivity contribution in [1.82, 2.24) is 9.29 Å². The minimum atomic E-state index is -3.49. The largest absolute Gasteiger partial charge is 0.369 e. The maximum absolute atomic E-state index is 13.0. The van der Waals surface area contributed by atoms with E-state index in [0.29, 0.717) is 29.7 Å². The van der Waals surface area contributed by atoms with Crippen molar-refractivity contribution >= 4 is 15.8 Å². The van der Waals surface area contributed by atoms with Crippen LogP contribution in [0.5, 0.6) is 0 Å². The lowest BCUT2D eigenvalue weighted by Gasteiger charge is -2.24. The smallest absolute Gasteiger partial charge is 0.247 e. The summed E-state index contributed by atoms with van der Waals surface area (Å²) in [6.07, 6.45) is 4.48. The van der Waals surface area contributed by atoms with Crippen molar-refractivity contribution in [2.45, 2.75) is 51.0 Å². The van der Waals surface area contributed by atoms with E-state index in [0.717, 1.165) is 19.3 Å². The number of sulfonamides is 1. The van der Waals surface area contributed by atoms with Gasteiger partial charge in [0.15, 0.2) is 0 Å². The molecule has 0 spiro atoms. The quantitative estimate of drug-likeness (QED) is 0.802. The Kier molecular flexibility index (Phi) is 5.22.